The number of H-pyrrole nitrogens is 1. The topological polar surface area (TPSA) is 104 Å². The lowest BCUT2D eigenvalue weighted by molar-refractivity contribution is 0.408. The Balaban J connectivity index is 2.02. The summed E-state index contributed by atoms with van der Waals surface area (Å²) < 4.78 is 28.4. The van der Waals surface area contributed by atoms with E-state index in [1.807, 2.05) is 0 Å². The summed E-state index contributed by atoms with van der Waals surface area (Å²) in [6, 6.07) is -0.489. The van der Waals surface area contributed by atoms with Gasteiger partial charge in [0, 0.05) is 13.1 Å². The monoisotopic (exact) mass is 274 g/mol. The summed E-state index contributed by atoms with van der Waals surface area (Å²) in [6.07, 6.45) is 4.01. The minimum atomic E-state index is -3.47. The van der Waals surface area contributed by atoms with Gasteiger partial charge >= 0.3 is 0 Å². The van der Waals surface area contributed by atoms with Gasteiger partial charge in [0.1, 0.15) is 0 Å². The molecule has 1 aromatic rings. The Kier molecular flexibility index (Phi) is 4.25. The average molecular weight is 274 g/mol. The first kappa shape index (κ1) is 13.4. The number of hydrogen-bond acceptors (Lipinski definition) is 5. The van der Waals surface area contributed by atoms with Crippen LogP contribution in [0.2, 0.25) is 0 Å². The van der Waals surface area contributed by atoms with Gasteiger partial charge in [-0.15, -0.1) is 10.2 Å². The summed E-state index contributed by atoms with van der Waals surface area (Å²) in [6.45, 7) is 2.85. The molecule has 0 aromatic carbocycles. The van der Waals surface area contributed by atoms with Gasteiger partial charge in [0.25, 0.3) is 10.2 Å². The van der Waals surface area contributed by atoms with E-state index in [1.165, 1.54) is 4.31 Å². The third-order valence-corrected chi connectivity index (χ3v) is 4.68. The number of nitrogens with one attached hydrogen (secondary N) is 2. The summed E-state index contributed by atoms with van der Waals surface area (Å²) in [5.74, 6) is 0.341. The van der Waals surface area contributed by atoms with Crippen LogP contribution in [0.3, 0.4) is 0 Å². The maximum Gasteiger partial charge on any atom is 0.280 e. The molecule has 1 fully saturated rings. The molecule has 2 heterocycles. The fraction of sp³-hybridized carbons (Fsp3) is 0.889. The van der Waals surface area contributed by atoms with Gasteiger partial charge in [0.05, 0.1) is 6.04 Å². The highest BCUT2D eigenvalue weighted by molar-refractivity contribution is 7.87. The standard InChI is InChI=1S/C9H18N6O2S/c1-8(9-10-13-14-11-9)12-18(16,17)15-6-4-2-3-5-7-15/h8,12H,2-7H2,1H3,(H,10,11,13,14). The van der Waals surface area contributed by atoms with Crippen LogP contribution in [0.5, 0.6) is 0 Å². The van der Waals surface area contributed by atoms with Crippen molar-refractivity contribution in [3.05, 3.63) is 5.82 Å². The Morgan fingerprint density at radius 3 is 2.50 bits per heavy atom. The Bertz CT molecular complexity index is 451. The molecule has 1 saturated heterocycles. The SMILES string of the molecule is CC(NS(=O)(=O)N1CCCCCC1)c1nn[nH]n1. The van der Waals surface area contributed by atoms with E-state index in [0.717, 1.165) is 25.7 Å². The molecule has 2 rings (SSSR count). The lowest BCUT2D eigenvalue weighted by atomic mass is 10.2. The molecule has 8 nitrogen and oxygen atoms in total. The van der Waals surface area contributed by atoms with Crippen molar-refractivity contribution in [3.63, 3.8) is 0 Å². The second-order valence-corrected chi connectivity index (χ2v) is 6.13. The molecule has 0 radical (unpaired) electrons. The van der Waals surface area contributed by atoms with Crippen molar-refractivity contribution >= 4 is 10.2 Å². The van der Waals surface area contributed by atoms with Crippen LogP contribution in [-0.4, -0.2) is 46.4 Å². The number of aromatic amines is 1. The molecule has 1 aliphatic rings. The van der Waals surface area contributed by atoms with Gasteiger partial charge in [-0.2, -0.15) is 22.7 Å². The molecular formula is C9H18N6O2S. The quantitative estimate of drug-likeness (QED) is 0.802. The van der Waals surface area contributed by atoms with Crippen LogP contribution in [0.25, 0.3) is 0 Å². The minimum absolute atomic E-state index is 0.341. The minimum Gasteiger partial charge on any atom is -0.195 e. The molecule has 9 heteroatoms. The second kappa shape index (κ2) is 5.72. The molecule has 0 bridgehead atoms. The molecule has 1 atom stereocenters. The van der Waals surface area contributed by atoms with Gasteiger partial charge in [-0.1, -0.05) is 18.1 Å². The second-order valence-electron chi connectivity index (χ2n) is 4.43. The van der Waals surface area contributed by atoms with Crippen molar-refractivity contribution in [1.29, 1.82) is 0 Å². The molecule has 0 spiro atoms. The first-order valence-electron chi connectivity index (χ1n) is 6.10. The summed E-state index contributed by atoms with van der Waals surface area (Å²) in [7, 11) is -3.47. The Labute approximate surface area is 106 Å². The largest absolute Gasteiger partial charge is 0.280 e. The molecule has 0 amide bonds. The number of rotatable bonds is 4. The highest BCUT2D eigenvalue weighted by Crippen LogP contribution is 2.14. The predicted molar refractivity (Wildman–Crippen MR) is 64.7 cm³/mol. The van der Waals surface area contributed by atoms with E-state index in [0.29, 0.717) is 18.9 Å². The van der Waals surface area contributed by atoms with Crippen LogP contribution in [0, 0.1) is 0 Å². The third kappa shape index (κ3) is 3.24. The molecular weight excluding hydrogens is 256 g/mol. The Hall–Kier alpha value is -1.06. The fourth-order valence-electron chi connectivity index (χ4n) is 1.99. The molecule has 1 unspecified atom stereocenters. The molecule has 0 saturated carbocycles. The van der Waals surface area contributed by atoms with Crippen LogP contribution in [0.15, 0.2) is 0 Å². The van der Waals surface area contributed by atoms with Gasteiger partial charge in [-0.3, -0.25) is 0 Å². The van der Waals surface area contributed by atoms with E-state index in [4.69, 9.17) is 0 Å². The predicted octanol–water partition coefficient (Wildman–Crippen LogP) is -0.0289. The van der Waals surface area contributed by atoms with Crippen molar-refractivity contribution in [1.82, 2.24) is 29.7 Å². The lowest BCUT2D eigenvalue weighted by Crippen LogP contribution is -2.42. The maximum absolute atomic E-state index is 12.2. The van der Waals surface area contributed by atoms with Crippen molar-refractivity contribution in [2.24, 2.45) is 0 Å². The van der Waals surface area contributed by atoms with E-state index in [9.17, 15) is 8.42 Å². The normalized spacial score (nSPS) is 20.5. The van der Waals surface area contributed by atoms with E-state index >= 15 is 0 Å². The van der Waals surface area contributed by atoms with Gasteiger partial charge in [-0.25, -0.2) is 0 Å². The van der Waals surface area contributed by atoms with Gasteiger partial charge in [0.15, 0.2) is 5.82 Å². The van der Waals surface area contributed by atoms with Gasteiger partial charge in [-0.05, 0) is 19.8 Å². The van der Waals surface area contributed by atoms with Crippen LogP contribution < -0.4 is 4.72 Å². The van der Waals surface area contributed by atoms with Gasteiger partial charge < -0.3 is 0 Å². The van der Waals surface area contributed by atoms with Crippen LogP contribution in [0.4, 0.5) is 0 Å². The van der Waals surface area contributed by atoms with Crippen molar-refractivity contribution in [3.8, 4) is 0 Å². The van der Waals surface area contributed by atoms with E-state index < -0.39 is 16.3 Å². The lowest BCUT2D eigenvalue weighted by Gasteiger charge is -2.21. The fourth-order valence-corrected chi connectivity index (χ4v) is 3.43. The Morgan fingerprint density at radius 1 is 1.28 bits per heavy atom. The van der Waals surface area contributed by atoms with E-state index in [1.54, 1.807) is 6.92 Å². The van der Waals surface area contributed by atoms with Crippen LogP contribution in [-0.2, 0) is 10.2 Å². The summed E-state index contributed by atoms with van der Waals surface area (Å²) >= 11 is 0. The Morgan fingerprint density at radius 2 is 1.94 bits per heavy atom. The molecule has 0 aliphatic carbocycles. The van der Waals surface area contributed by atoms with E-state index in [-0.39, 0.29) is 0 Å². The third-order valence-electron chi connectivity index (χ3n) is 2.98. The number of tetrazole rings is 1. The van der Waals surface area contributed by atoms with Crippen molar-refractivity contribution < 1.29 is 8.42 Å². The summed E-state index contributed by atoms with van der Waals surface area (Å²) in [5, 5.41) is 13.3. The molecule has 18 heavy (non-hydrogen) atoms. The smallest absolute Gasteiger partial charge is 0.195 e. The van der Waals surface area contributed by atoms with Crippen molar-refractivity contribution in [2.75, 3.05) is 13.1 Å². The first-order chi connectivity index (χ1) is 8.59. The van der Waals surface area contributed by atoms with Crippen molar-refractivity contribution in [2.45, 2.75) is 38.6 Å². The number of nitrogens with zero attached hydrogens (tertiary/aromatic N) is 4. The van der Waals surface area contributed by atoms with E-state index in [2.05, 4.69) is 25.3 Å². The zero-order valence-electron chi connectivity index (χ0n) is 10.3. The average Bonchev–Trinajstić information content (AvgIpc) is 2.70. The molecule has 2 N–H and O–H groups in total. The zero-order valence-corrected chi connectivity index (χ0v) is 11.2. The number of hydrogen-bond donors (Lipinski definition) is 2. The molecule has 1 aromatic heterocycles. The zero-order chi connectivity index (χ0) is 13.0. The van der Waals surface area contributed by atoms with Crippen LogP contribution in [0.1, 0.15) is 44.5 Å². The molecule has 102 valence electrons. The van der Waals surface area contributed by atoms with Gasteiger partial charge in [0.2, 0.25) is 0 Å². The highest BCUT2D eigenvalue weighted by atomic mass is 32.2. The number of aromatic nitrogens is 4. The highest BCUT2D eigenvalue weighted by Gasteiger charge is 2.26. The van der Waals surface area contributed by atoms with Crippen LogP contribution >= 0.6 is 0 Å². The first-order valence-corrected chi connectivity index (χ1v) is 7.54. The summed E-state index contributed by atoms with van der Waals surface area (Å²) in [4.78, 5) is 0. The summed E-state index contributed by atoms with van der Waals surface area (Å²) in [5.41, 5.74) is 0. The molecule has 1 aliphatic heterocycles. The maximum atomic E-state index is 12.2.